The van der Waals surface area contributed by atoms with Gasteiger partial charge in [-0.2, -0.15) is 0 Å². The Labute approximate surface area is 159 Å². The molecule has 1 heterocycles. The van der Waals surface area contributed by atoms with E-state index in [0.29, 0.717) is 12.1 Å². The molecule has 27 heavy (non-hydrogen) atoms. The Morgan fingerprint density at radius 2 is 1.44 bits per heavy atom. The first-order valence-electron chi connectivity index (χ1n) is 8.63. The molecule has 0 amide bonds. The molecule has 0 bridgehead atoms. The Morgan fingerprint density at radius 1 is 0.889 bits per heavy atom. The van der Waals surface area contributed by atoms with E-state index in [9.17, 15) is 4.79 Å². The van der Waals surface area contributed by atoms with Crippen LogP contribution in [0, 0.1) is 6.92 Å². The van der Waals surface area contributed by atoms with Crippen LogP contribution in [0.2, 0.25) is 0 Å². The number of benzene rings is 2. The second-order valence-corrected chi connectivity index (χ2v) is 6.20. The molecule has 0 N–H and O–H groups in total. The van der Waals surface area contributed by atoms with Gasteiger partial charge in [0, 0.05) is 12.2 Å². The molecule has 2 aromatic carbocycles. The largest absolute Gasteiger partial charge is 0.497 e. The van der Waals surface area contributed by atoms with E-state index < -0.39 is 0 Å². The summed E-state index contributed by atoms with van der Waals surface area (Å²) in [5, 5.41) is 0. The lowest BCUT2D eigenvalue weighted by Gasteiger charge is -2.14. The van der Waals surface area contributed by atoms with Gasteiger partial charge in [0.05, 0.1) is 32.6 Å². The zero-order valence-electron chi connectivity index (χ0n) is 16.0. The van der Waals surface area contributed by atoms with Gasteiger partial charge in [-0.25, -0.2) is 4.79 Å². The molecule has 0 atom stereocenters. The maximum Gasteiger partial charge on any atom is 0.340 e. The van der Waals surface area contributed by atoms with E-state index in [-0.39, 0.29) is 5.97 Å². The molecule has 0 fully saturated rings. The van der Waals surface area contributed by atoms with Gasteiger partial charge in [0.25, 0.3) is 0 Å². The summed E-state index contributed by atoms with van der Waals surface area (Å²) in [7, 11) is 4.68. The van der Waals surface area contributed by atoms with Crippen molar-refractivity contribution in [3.05, 3.63) is 71.4 Å². The summed E-state index contributed by atoms with van der Waals surface area (Å²) < 4.78 is 17.6. The van der Waals surface area contributed by atoms with Gasteiger partial charge in [-0.15, -0.1) is 0 Å². The van der Waals surface area contributed by atoms with Crippen LogP contribution >= 0.6 is 0 Å². The number of rotatable bonds is 6. The molecule has 0 saturated heterocycles. The molecule has 0 aliphatic carbocycles. The Hall–Kier alpha value is -3.21. The molecule has 5 heteroatoms. The number of ether oxygens (including phenoxy) is 3. The molecule has 0 spiro atoms. The highest BCUT2D eigenvalue weighted by Gasteiger charge is 2.21. The number of hydrogen-bond donors (Lipinski definition) is 0. The van der Waals surface area contributed by atoms with E-state index in [4.69, 9.17) is 14.2 Å². The fraction of sp³-hybridized carbons (Fsp3) is 0.227. The highest BCUT2D eigenvalue weighted by molar-refractivity contribution is 5.97. The first-order chi connectivity index (χ1) is 13.1. The van der Waals surface area contributed by atoms with Crippen molar-refractivity contribution in [2.45, 2.75) is 13.5 Å². The van der Waals surface area contributed by atoms with E-state index in [1.165, 1.54) is 7.11 Å². The van der Waals surface area contributed by atoms with Crippen molar-refractivity contribution in [1.82, 2.24) is 4.57 Å². The average Bonchev–Trinajstić information content (AvgIpc) is 3.04. The van der Waals surface area contributed by atoms with E-state index in [0.717, 1.165) is 34.0 Å². The average molecular weight is 365 g/mol. The lowest BCUT2D eigenvalue weighted by Crippen LogP contribution is -2.07. The van der Waals surface area contributed by atoms with E-state index in [1.807, 2.05) is 61.5 Å². The Kier molecular flexibility index (Phi) is 5.50. The summed E-state index contributed by atoms with van der Waals surface area (Å²) >= 11 is 0. The van der Waals surface area contributed by atoms with Crippen molar-refractivity contribution in [2.75, 3.05) is 21.3 Å². The fourth-order valence-corrected chi connectivity index (χ4v) is 3.12. The number of carbonyl (C=O) groups is 1. The molecule has 0 aliphatic heterocycles. The van der Waals surface area contributed by atoms with Gasteiger partial charge >= 0.3 is 5.97 Å². The molecular weight excluding hydrogens is 342 g/mol. The Balaban J connectivity index is 2.08. The molecule has 3 rings (SSSR count). The van der Waals surface area contributed by atoms with Gasteiger partial charge in [0.1, 0.15) is 11.5 Å². The van der Waals surface area contributed by atoms with Crippen LogP contribution in [-0.4, -0.2) is 31.9 Å². The Morgan fingerprint density at radius 3 is 1.96 bits per heavy atom. The Bertz CT molecular complexity index is 924. The number of aryl methyl sites for hydroxylation is 1. The number of nitrogens with zero attached hydrogens (tertiary/aromatic N) is 1. The van der Waals surface area contributed by atoms with Crippen molar-refractivity contribution in [3.8, 4) is 22.8 Å². The zero-order valence-corrected chi connectivity index (χ0v) is 16.0. The van der Waals surface area contributed by atoms with Crippen LogP contribution < -0.4 is 9.47 Å². The molecule has 0 saturated carbocycles. The van der Waals surface area contributed by atoms with Gasteiger partial charge in [0.15, 0.2) is 0 Å². The number of methoxy groups -OCH3 is 3. The predicted octanol–water partition coefficient (Wildman–Crippen LogP) is 4.32. The van der Waals surface area contributed by atoms with Crippen LogP contribution in [-0.2, 0) is 11.3 Å². The molecule has 3 aromatic rings. The van der Waals surface area contributed by atoms with Crippen molar-refractivity contribution >= 4 is 5.97 Å². The van der Waals surface area contributed by atoms with Gasteiger partial charge in [-0.3, -0.25) is 0 Å². The molecule has 5 nitrogen and oxygen atoms in total. The topological polar surface area (TPSA) is 49.7 Å². The summed E-state index contributed by atoms with van der Waals surface area (Å²) in [5.41, 5.74) is 4.40. The minimum Gasteiger partial charge on any atom is -0.497 e. The van der Waals surface area contributed by atoms with Gasteiger partial charge in [0.2, 0.25) is 0 Å². The van der Waals surface area contributed by atoms with E-state index >= 15 is 0 Å². The first-order valence-corrected chi connectivity index (χ1v) is 8.63. The summed E-state index contributed by atoms with van der Waals surface area (Å²) in [6, 6.07) is 17.4. The monoisotopic (exact) mass is 365 g/mol. The van der Waals surface area contributed by atoms with Crippen LogP contribution in [0.25, 0.3) is 11.3 Å². The van der Waals surface area contributed by atoms with E-state index in [1.54, 1.807) is 14.2 Å². The maximum atomic E-state index is 12.4. The van der Waals surface area contributed by atoms with Crippen molar-refractivity contribution in [2.24, 2.45) is 0 Å². The third-order valence-electron chi connectivity index (χ3n) is 4.57. The van der Waals surface area contributed by atoms with Gasteiger partial charge in [-0.05, 0) is 60.5 Å². The fourth-order valence-electron chi connectivity index (χ4n) is 3.12. The van der Waals surface area contributed by atoms with Crippen LogP contribution in [0.15, 0.2) is 54.6 Å². The van der Waals surface area contributed by atoms with Crippen molar-refractivity contribution in [3.63, 3.8) is 0 Å². The summed E-state index contributed by atoms with van der Waals surface area (Å²) in [4.78, 5) is 12.4. The highest BCUT2D eigenvalue weighted by Crippen LogP contribution is 2.30. The van der Waals surface area contributed by atoms with Crippen LogP contribution in [0.1, 0.15) is 21.6 Å². The SMILES string of the molecule is COC(=O)c1cc(C)n(Cc2ccc(OC)cc2)c1-c1ccc(OC)cc1. The second-order valence-electron chi connectivity index (χ2n) is 6.20. The molecule has 1 aromatic heterocycles. The molecule has 0 radical (unpaired) electrons. The summed E-state index contributed by atoms with van der Waals surface area (Å²) in [5.74, 6) is 1.23. The molecule has 140 valence electrons. The van der Waals surface area contributed by atoms with Crippen LogP contribution in [0.4, 0.5) is 0 Å². The predicted molar refractivity (Wildman–Crippen MR) is 105 cm³/mol. The summed E-state index contributed by atoms with van der Waals surface area (Å²) in [6.07, 6.45) is 0. The smallest absolute Gasteiger partial charge is 0.340 e. The van der Waals surface area contributed by atoms with E-state index in [2.05, 4.69) is 4.57 Å². The van der Waals surface area contributed by atoms with Gasteiger partial charge < -0.3 is 18.8 Å². The number of carbonyl (C=O) groups excluding carboxylic acids is 1. The number of aromatic nitrogens is 1. The van der Waals surface area contributed by atoms with Gasteiger partial charge in [-0.1, -0.05) is 12.1 Å². The summed E-state index contributed by atoms with van der Waals surface area (Å²) in [6.45, 7) is 2.62. The molecule has 0 aliphatic rings. The standard InChI is InChI=1S/C22H23NO4/c1-15-13-20(22(24)27-4)21(17-7-11-19(26-3)12-8-17)23(15)14-16-5-9-18(25-2)10-6-16/h5-13H,14H2,1-4H3. The second kappa shape index (κ2) is 7.99. The van der Waals surface area contributed by atoms with Crippen LogP contribution in [0.3, 0.4) is 0 Å². The quantitative estimate of drug-likeness (QED) is 0.611. The zero-order chi connectivity index (χ0) is 19.4. The van der Waals surface area contributed by atoms with Crippen molar-refractivity contribution in [1.29, 1.82) is 0 Å². The number of esters is 1. The number of hydrogen-bond acceptors (Lipinski definition) is 4. The minimum absolute atomic E-state index is 0.350. The van der Waals surface area contributed by atoms with Crippen molar-refractivity contribution < 1.29 is 19.0 Å². The normalized spacial score (nSPS) is 10.5. The molecule has 0 unspecified atom stereocenters. The highest BCUT2D eigenvalue weighted by atomic mass is 16.5. The third-order valence-corrected chi connectivity index (χ3v) is 4.57. The lowest BCUT2D eigenvalue weighted by molar-refractivity contribution is 0.0601. The molecular formula is C22H23NO4. The van der Waals surface area contributed by atoms with Crippen LogP contribution in [0.5, 0.6) is 11.5 Å². The first kappa shape index (κ1) is 18.6. The minimum atomic E-state index is -0.350. The third kappa shape index (κ3) is 3.82. The maximum absolute atomic E-state index is 12.4. The lowest BCUT2D eigenvalue weighted by atomic mass is 10.1.